The Bertz CT molecular complexity index is 1010. The van der Waals surface area contributed by atoms with Crippen molar-refractivity contribution in [3.8, 4) is 11.3 Å². The van der Waals surface area contributed by atoms with Gasteiger partial charge in [0.25, 0.3) is 5.91 Å². The van der Waals surface area contributed by atoms with Crippen molar-refractivity contribution in [2.45, 2.75) is 31.7 Å². The normalized spacial score (nSPS) is 14.6. The second-order valence-electron chi connectivity index (χ2n) is 7.21. The van der Waals surface area contributed by atoms with Gasteiger partial charge in [0.15, 0.2) is 17.4 Å². The molecule has 0 atom stereocenters. The minimum atomic E-state index is -0.108. The summed E-state index contributed by atoms with van der Waals surface area (Å²) in [5, 5.41) is 3.63. The van der Waals surface area contributed by atoms with Gasteiger partial charge in [-0.2, -0.15) is 0 Å². The molecule has 1 aliphatic heterocycles. The van der Waals surface area contributed by atoms with Gasteiger partial charge in [0.05, 0.1) is 17.5 Å². The van der Waals surface area contributed by atoms with Crippen LogP contribution in [0.3, 0.4) is 0 Å². The van der Waals surface area contributed by atoms with Crippen LogP contribution in [0.25, 0.3) is 11.3 Å². The summed E-state index contributed by atoms with van der Waals surface area (Å²) in [5.41, 5.74) is 0.776. The predicted octanol–water partition coefficient (Wildman–Crippen LogP) is 3.94. The van der Waals surface area contributed by atoms with Crippen LogP contribution in [0.2, 0.25) is 5.02 Å². The van der Waals surface area contributed by atoms with Crippen molar-refractivity contribution < 1.29 is 18.4 Å². The number of aryl methyl sites for hydroxylation is 1. The van der Waals surface area contributed by atoms with Crippen molar-refractivity contribution in [1.82, 2.24) is 15.2 Å². The van der Waals surface area contributed by atoms with Gasteiger partial charge >= 0.3 is 0 Å². The van der Waals surface area contributed by atoms with E-state index in [9.17, 15) is 9.59 Å². The molecular weight excluding hydrogens is 406 g/mol. The Balaban J connectivity index is 1.22. The zero-order chi connectivity index (χ0) is 20.9. The SMILES string of the molecule is O=C(CCc1ncc(-c2ccccc2Cl)o1)NC1CCN(C(=O)c2ccco2)CC1. The van der Waals surface area contributed by atoms with Crippen LogP contribution in [0.1, 0.15) is 35.7 Å². The number of carbonyl (C=O) groups excluding carboxylic acids is 2. The van der Waals surface area contributed by atoms with Gasteiger partial charge in [0, 0.05) is 37.5 Å². The first-order valence-corrected chi connectivity index (χ1v) is 10.3. The Morgan fingerprint density at radius 2 is 1.97 bits per heavy atom. The minimum absolute atomic E-state index is 0.0525. The fourth-order valence-corrected chi connectivity index (χ4v) is 3.74. The van der Waals surface area contributed by atoms with Crippen molar-refractivity contribution in [2.24, 2.45) is 0 Å². The molecule has 2 amide bonds. The van der Waals surface area contributed by atoms with E-state index >= 15 is 0 Å². The fraction of sp³-hybridized carbons (Fsp3) is 0.318. The lowest BCUT2D eigenvalue weighted by molar-refractivity contribution is -0.122. The molecule has 4 rings (SSSR count). The Labute approximate surface area is 179 Å². The lowest BCUT2D eigenvalue weighted by Crippen LogP contribution is -2.46. The molecule has 1 aromatic carbocycles. The van der Waals surface area contributed by atoms with E-state index in [1.165, 1.54) is 6.26 Å². The van der Waals surface area contributed by atoms with Crippen LogP contribution in [0.5, 0.6) is 0 Å². The smallest absolute Gasteiger partial charge is 0.289 e. The highest BCUT2D eigenvalue weighted by molar-refractivity contribution is 6.33. The molecule has 3 aromatic rings. The molecule has 30 heavy (non-hydrogen) atoms. The number of nitrogens with one attached hydrogen (secondary N) is 1. The number of likely N-dealkylation sites (tertiary alicyclic amines) is 1. The molecule has 0 spiro atoms. The number of piperidine rings is 1. The molecule has 1 saturated heterocycles. The molecule has 0 radical (unpaired) electrons. The fourth-order valence-electron chi connectivity index (χ4n) is 3.51. The van der Waals surface area contributed by atoms with Crippen LogP contribution in [0, 0.1) is 0 Å². The van der Waals surface area contributed by atoms with Gasteiger partial charge in [-0.15, -0.1) is 0 Å². The molecule has 1 fully saturated rings. The first kappa shape index (κ1) is 20.2. The minimum Gasteiger partial charge on any atom is -0.459 e. The maximum Gasteiger partial charge on any atom is 0.289 e. The summed E-state index contributed by atoms with van der Waals surface area (Å²) in [6.45, 7) is 1.18. The molecule has 2 aromatic heterocycles. The van der Waals surface area contributed by atoms with Crippen LogP contribution >= 0.6 is 11.6 Å². The second kappa shape index (κ2) is 9.17. The van der Waals surface area contributed by atoms with Crippen LogP contribution < -0.4 is 5.32 Å². The molecular formula is C22H22ClN3O4. The highest BCUT2D eigenvalue weighted by Gasteiger charge is 2.25. The number of hydrogen-bond acceptors (Lipinski definition) is 5. The number of halogens is 1. The first-order valence-electron chi connectivity index (χ1n) is 9.92. The zero-order valence-electron chi connectivity index (χ0n) is 16.3. The van der Waals surface area contributed by atoms with Gasteiger partial charge in [-0.25, -0.2) is 4.98 Å². The van der Waals surface area contributed by atoms with Crippen LogP contribution in [-0.2, 0) is 11.2 Å². The quantitative estimate of drug-likeness (QED) is 0.643. The number of furan rings is 1. The summed E-state index contributed by atoms with van der Waals surface area (Å²) in [5.74, 6) is 1.27. The Hall–Kier alpha value is -3.06. The van der Waals surface area contributed by atoms with Crippen molar-refractivity contribution in [2.75, 3.05) is 13.1 Å². The van der Waals surface area contributed by atoms with E-state index in [0.717, 1.165) is 5.56 Å². The Morgan fingerprint density at radius 1 is 1.17 bits per heavy atom. The summed E-state index contributed by atoms with van der Waals surface area (Å²) in [6.07, 6.45) is 5.24. The average molecular weight is 428 g/mol. The summed E-state index contributed by atoms with van der Waals surface area (Å²) in [6, 6.07) is 10.8. The number of hydrogen-bond donors (Lipinski definition) is 1. The molecule has 1 N–H and O–H groups in total. The summed E-state index contributed by atoms with van der Waals surface area (Å²) in [4.78, 5) is 30.6. The van der Waals surface area contributed by atoms with E-state index in [0.29, 0.717) is 54.8 Å². The van der Waals surface area contributed by atoms with E-state index in [1.54, 1.807) is 29.3 Å². The summed E-state index contributed by atoms with van der Waals surface area (Å²) in [7, 11) is 0. The van der Waals surface area contributed by atoms with Crippen LogP contribution in [0.15, 0.2) is 57.7 Å². The number of benzene rings is 1. The first-order chi connectivity index (χ1) is 14.6. The highest BCUT2D eigenvalue weighted by atomic mass is 35.5. The molecule has 8 heteroatoms. The van der Waals surface area contributed by atoms with Crippen molar-refractivity contribution in [3.63, 3.8) is 0 Å². The molecule has 1 aliphatic rings. The van der Waals surface area contributed by atoms with Crippen LogP contribution in [0.4, 0.5) is 0 Å². The maximum atomic E-state index is 12.3. The van der Waals surface area contributed by atoms with Gasteiger partial charge in [-0.1, -0.05) is 23.7 Å². The Kier molecular flexibility index (Phi) is 6.18. The van der Waals surface area contributed by atoms with Gasteiger partial charge in [-0.05, 0) is 37.1 Å². The van der Waals surface area contributed by atoms with Gasteiger partial charge in [-0.3, -0.25) is 9.59 Å². The lowest BCUT2D eigenvalue weighted by atomic mass is 10.0. The second-order valence-corrected chi connectivity index (χ2v) is 7.62. The summed E-state index contributed by atoms with van der Waals surface area (Å²) >= 11 is 6.18. The number of carbonyl (C=O) groups is 2. The monoisotopic (exact) mass is 427 g/mol. The van der Waals surface area contributed by atoms with Crippen LogP contribution in [-0.4, -0.2) is 40.8 Å². The molecule has 0 saturated carbocycles. The number of nitrogens with zero attached hydrogens (tertiary/aromatic N) is 2. The predicted molar refractivity (Wildman–Crippen MR) is 111 cm³/mol. The maximum absolute atomic E-state index is 12.3. The molecule has 0 unspecified atom stereocenters. The molecule has 156 valence electrons. The number of rotatable bonds is 6. The number of oxazole rings is 1. The van der Waals surface area contributed by atoms with Gasteiger partial charge in [0.2, 0.25) is 5.91 Å². The third kappa shape index (κ3) is 4.74. The van der Waals surface area contributed by atoms with E-state index in [4.69, 9.17) is 20.4 Å². The average Bonchev–Trinajstić information content (AvgIpc) is 3.45. The topological polar surface area (TPSA) is 88.6 Å². The number of aromatic nitrogens is 1. The molecule has 7 nitrogen and oxygen atoms in total. The third-order valence-electron chi connectivity index (χ3n) is 5.14. The van der Waals surface area contributed by atoms with E-state index in [-0.39, 0.29) is 24.3 Å². The van der Waals surface area contributed by atoms with Crippen molar-refractivity contribution in [3.05, 3.63) is 65.5 Å². The van der Waals surface area contributed by atoms with Gasteiger partial charge < -0.3 is 19.1 Å². The largest absolute Gasteiger partial charge is 0.459 e. The summed E-state index contributed by atoms with van der Waals surface area (Å²) < 4.78 is 10.9. The lowest BCUT2D eigenvalue weighted by Gasteiger charge is -2.31. The highest BCUT2D eigenvalue weighted by Crippen LogP contribution is 2.28. The number of amides is 2. The van der Waals surface area contributed by atoms with Gasteiger partial charge in [0.1, 0.15) is 0 Å². The molecule has 3 heterocycles. The zero-order valence-corrected chi connectivity index (χ0v) is 17.1. The molecule has 0 aliphatic carbocycles. The van der Waals surface area contributed by atoms with Crippen molar-refractivity contribution in [1.29, 1.82) is 0 Å². The van der Waals surface area contributed by atoms with E-state index < -0.39 is 0 Å². The molecule has 0 bridgehead atoms. The van der Waals surface area contributed by atoms with Crippen molar-refractivity contribution >= 4 is 23.4 Å². The van der Waals surface area contributed by atoms with E-state index in [1.807, 2.05) is 18.2 Å². The standard InChI is InChI=1S/C22H22ClN3O4/c23-17-5-2-1-4-16(17)19-14-24-21(30-19)8-7-20(27)25-15-9-11-26(12-10-15)22(28)18-6-3-13-29-18/h1-6,13-15H,7-12H2,(H,25,27). The Morgan fingerprint density at radius 3 is 2.70 bits per heavy atom. The van der Waals surface area contributed by atoms with E-state index in [2.05, 4.69) is 10.3 Å². The third-order valence-corrected chi connectivity index (χ3v) is 5.47.